The molecule has 98 valence electrons. The van der Waals surface area contributed by atoms with E-state index >= 15 is 0 Å². The van der Waals surface area contributed by atoms with Crippen molar-refractivity contribution in [3.63, 3.8) is 0 Å². The first-order valence-corrected chi connectivity index (χ1v) is 6.77. The van der Waals surface area contributed by atoms with Crippen molar-refractivity contribution in [1.82, 2.24) is 15.1 Å². The predicted molar refractivity (Wildman–Crippen MR) is 73.2 cm³/mol. The Bertz CT molecular complexity index is 317. The molecule has 0 saturated carbocycles. The van der Waals surface area contributed by atoms with Crippen LogP contribution in [0.4, 0.5) is 0 Å². The van der Waals surface area contributed by atoms with Gasteiger partial charge in [0.2, 0.25) is 0 Å². The van der Waals surface area contributed by atoms with Crippen LogP contribution in [-0.4, -0.2) is 22.9 Å². The monoisotopic (exact) mass is 237 g/mol. The zero-order valence-electron chi connectivity index (χ0n) is 11.9. The minimum Gasteiger partial charge on any atom is -0.316 e. The third kappa shape index (κ3) is 4.50. The summed E-state index contributed by atoms with van der Waals surface area (Å²) in [7, 11) is 0. The highest BCUT2D eigenvalue weighted by Crippen LogP contribution is 2.22. The molecule has 0 aliphatic rings. The summed E-state index contributed by atoms with van der Waals surface area (Å²) < 4.78 is 2.00. The van der Waals surface area contributed by atoms with Crippen molar-refractivity contribution in [2.24, 2.45) is 11.8 Å². The molecule has 0 fully saturated rings. The molecule has 0 saturated heterocycles. The van der Waals surface area contributed by atoms with E-state index in [9.17, 15) is 0 Å². The Balaban J connectivity index is 2.42. The Labute approximate surface area is 106 Å². The number of hydrogen-bond donors (Lipinski definition) is 1. The molecule has 3 nitrogen and oxygen atoms in total. The number of rotatable bonds is 7. The summed E-state index contributed by atoms with van der Waals surface area (Å²) in [6, 6.07) is 0. The molecule has 17 heavy (non-hydrogen) atoms. The highest BCUT2D eigenvalue weighted by Gasteiger charge is 2.15. The van der Waals surface area contributed by atoms with Gasteiger partial charge in [0.25, 0.3) is 0 Å². The Hall–Kier alpha value is -0.830. The van der Waals surface area contributed by atoms with Crippen molar-refractivity contribution in [2.75, 3.05) is 13.1 Å². The first kappa shape index (κ1) is 14.2. The van der Waals surface area contributed by atoms with Crippen LogP contribution in [0.15, 0.2) is 12.4 Å². The quantitative estimate of drug-likeness (QED) is 0.790. The van der Waals surface area contributed by atoms with Crippen LogP contribution in [0.1, 0.15) is 46.1 Å². The van der Waals surface area contributed by atoms with Crippen molar-refractivity contribution in [3.05, 3.63) is 18.0 Å². The highest BCUT2D eigenvalue weighted by molar-refractivity contribution is 5.11. The number of aryl methyl sites for hydroxylation is 1. The molecule has 0 spiro atoms. The fourth-order valence-corrected chi connectivity index (χ4v) is 1.89. The van der Waals surface area contributed by atoms with Gasteiger partial charge < -0.3 is 5.32 Å². The molecule has 3 heteroatoms. The van der Waals surface area contributed by atoms with Crippen molar-refractivity contribution >= 4 is 0 Å². The Morgan fingerprint density at radius 3 is 2.47 bits per heavy atom. The number of nitrogens with one attached hydrogen (secondary N) is 1. The molecule has 0 aromatic carbocycles. The van der Waals surface area contributed by atoms with E-state index < -0.39 is 0 Å². The summed E-state index contributed by atoms with van der Waals surface area (Å²) in [6.45, 7) is 14.3. The van der Waals surface area contributed by atoms with Crippen LogP contribution in [0.5, 0.6) is 0 Å². The molecule has 1 aromatic heterocycles. The summed E-state index contributed by atoms with van der Waals surface area (Å²) in [5.41, 5.74) is 1.35. The molecule has 1 rings (SSSR count). The second-order valence-electron chi connectivity index (χ2n) is 5.45. The molecular weight excluding hydrogens is 210 g/mol. The van der Waals surface area contributed by atoms with Crippen LogP contribution >= 0.6 is 0 Å². The van der Waals surface area contributed by atoms with E-state index in [0.717, 1.165) is 25.6 Å². The van der Waals surface area contributed by atoms with E-state index in [0.29, 0.717) is 11.8 Å². The molecule has 0 aliphatic heterocycles. The second kappa shape index (κ2) is 6.80. The van der Waals surface area contributed by atoms with Gasteiger partial charge in [0, 0.05) is 12.7 Å². The highest BCUT2D eigenvalue weighted by atomic mass is 15.3. The summed E-state index contributed by atoms with van der Waals surface area (Å²) >= 11 is 0. The average molecular weight is 237 g/mol. The van der Waals surface area contributed by atoms with E-state index in [1.54, 1.807) is 0 Å². The summed E-state index contributed by atoms with van der Waals surface area (Å²) in [5.74, 6) is 1.93. The summed E-state index contributed by atoms with van der Waals surface area (Å²) in [6.07, 6.45) is 4.18. The molecule has 0 aliphatic carbocycles. The Morgan fingerprint density at radius 1 is 1.24 bits per heavy atom. The van der Waals surface area contributed by atoms with Gasteiger partial charge in [-0.15, -0.1) is 0 Å². The molecular formula is C14H27N3. The third-order valence-electron chi connectivity index (χ3n) is 3.38. The lowest BCUT2D eigenvalue weighted by atomic mass is 9.91. The topological polar surface area (TPSA) is 29.9 Å². The van der Waals surface area contributed by atoms with E-state index in [2.05, 4.69) is 51.2 Å². The van der Waals surface area contributed by atoms with Crippen molar-refractivity contribution in [2.45, 2.75) is 47.1 Å². The van der Waals surface area contributed by atoms with E-state index in [1.165, 1.54) is 5.56 Å². The minimum atomic E-state index is 0.565. The van der Waals surface area contributed by atoms with Gasteiger partial charge >= 0.3 is 0 Å². The zero-order chi connectivity index (χ0) is 12.8. The van der Waals surface area contributed by atoms with Gasteiger partial charge in [0.05, 0.1) is 6.20 Å². The van der Waals surface area contributed by atoms with Gasteiger partial charge in [-0.05, 0) is 43.3 Å². The van der Waals surface area contributed by atoms with Crippen LogP contribution in [0.25, 0.3) is 0 Å². The maximum absolute atomic E-state index is 4.34. The van der Waals surface area contributed by atoms with Crippen molar-refractivity contribution in [3.8, 4) is 0 Å². The van der Waals surface area contributed by atoms with Gasteiger partial charge in [0.15, 0.2) is 0 Å². The van der Waals surface area contributed by atoms with Crippen LogP contribution < -0.4 is 5.32 Å². The fraction of sp³-hybridized carbons (Fsp3) is 0.786. The largest absolute Gasteiger partial charge is 0.316 e. The van der Waals surface area contributed by atoms with Crippen LogP contribution in [-0.2, 0) is 6.54 Å². The van der Waals surface area contributed by atoms with Gasteiger partial charge in [-0.3, -0.25) is 4.68 Å². The normalized spacial score (nSPS) is 15.2. The SMILES string of the molecule is CCn1cc(C(C)C(C)CNCC(C)C)cn1. The zero-order valence-corrected chi connectivity index (χ0v) is 11.9. The Morgan fingerprint density at radius 2 is 1.94 bits per heavy atom. The average Bonchev–Trinajstić information content (AvgIpc) is 2.75. The summed E-state index contributed by atoms with van der Waals surface area (Å²) in [5, 5.41) is 7.87. The van der Waals surface area contributed by atoms with Crippen LogP contribution in [0, 0.1) is 11.8 Å². The number of aromatic nitrogens is 2. The molecule has 2 unspecified atom stereocenters. The molecule has 0 radical (unpaired) electrons. The van der Waals surface area contributed by atoms with Crippen LogP contribution in [0.2, 0.25) is 0 Å². The molecule has 1 aromatic rings. The predicted octanol–water partition coefficient (Wildman–Crippen LogP) is 2.89. The number of hydrogen-bond acceptors (Lipinski definition) is 2. The van der Waals surface area contributed by atoms with E-state index in [4.69, 9.17) is 0 Å². The van der Waals surface area contributed by atoms with E-state index in [-0.39, 0.29) is 0 Å². The lowest BCUT2D eigenvalue weighted by molar-refractivity contribution is 0.428. The standard InChI is InChI=1S/C14H27N3/c1-6-17-10-14(9-16-17)13(5)12(4)8-15-7-11(2)3/h9-13,15H,6-8H2,1-5H3. The smallest absolute Gasteiger partial charge is 0.0524 e. The van der Waals surface area contributed by atoms with Crippen LogP contribution in [0.3, 0.4) is 0 Å². The maximum Gasteiger partial charge on any atom is 0.0524 e. The second-order valence-corrected chi connectivity index (χ2v) is 5.45. The van der Waals surface area contributed by atoms with E-state index in [1.807, 2.05) is 10.9 Å². The third-order valence-corrected chi connectivity index (χ3v) is 3.38. The molecule has 1 N–H and O–H groups in total. The fourth-order valence-electron chi connectivity index (χ4n) is 1.89. The van der Waals surface area contributed by atoms with Gasteiger partial charge in [-0.1, -0.05) is 27.7 Å². The lowest BCUT2D eigenvalue weighted by Gasteiger charge is -2.20. The van der Waals surface area contributed by atoms with Gasteiger partial charge in [-0.25, -0.2) is 0 Å². The molecule has 1 heterocycles. The summed E-state index contributed by atoms with van der Waals surface area (Å²) in [4.78, 5) is 0. The molecule has 2 atom stereocenters. The first-order chi connectivity index (χ1) is 8.04. The minimum absolute atomic E-state index is 0.565. The lowest BCUT2D eigenvalue weighted by Crippen LogP contribution is -2.27. The maximum atomic E-state index is 4.34. The Kier molecular flexibility index (Phi) is 5.69. The van der Waals surface area contributed by atoms with Crippen molar-refractivity contribution < 1.29 is 0 Å². The van der Waals surface area contributed by atoms with Crippen molar-refractivity contribution in [1.29, 1.82) is 0 Å². The van der Waals surface area contributed by atoms with Gasteiger partial charge in [-0.2, -0.15) is 5.10 Å². The number of nitrogens with zero attached hydrogens (tertiary/aromatic N) is 2. The molecule has 0 bridgehead atoms. The van der Waals surface area contributed by atoms with Gasteiger partial charge in [0.1, 0.15) is 0 Å². The molecule has 0 amide bonds. The first-order valence-electron chi connectivity index (χ1n) is 6.77.